The smallest absolute Gasteiger partial charge is 0.247 e. The van der Waals surface area contributed by atoms with Crippen LogP contribution in [0, 0.1) is 13.8 Å². The molecule has 4 nitrogen and oxygen atoms in total. The van der Waals surface area contributed by atoms with Crippen molar-refractivity contribution >= 4 is 0 Å². The molecule has 0 radical (unpaired) electrons. The minimum absolute atomic E-state index is 0.602. The third-order valence-corrected chi connectivity index (χ3v) is 3.34. The molecule has 2 aromatic rings. The van der Waals surface area contributed by atoms with Crippen LogP contribution in [-0.4, -0.2) is 16.2 Å². The predicted molar refractivity (Wildman–Crippen MR) is 69.1 cm³/mol. The van der Waals surface area contributed by atoms with Crippen molar-refractivity contribution in [1.29, 1.82) is 0 Å². The van der Waals surface area contributed by atoms with Crippen molar-refractivity contribution in [2.75, 3.05) is 0 Å². The lowest BCUT2D eigenvalue weighted by atomic mass is 10.1. The van der Waals surface area contributed by atoms with Gasteiger partial charge in [-0.2, -0.15) is 0 Å². The zero-order valence-corrected chi connectivity index (χ0v) is 10.7. The van der Waals surface area contributed by atoms with Crippen LogP contribution in [0.2, 0.25) is 0 Å². The summed E-state index contributed by atoms with van der Waals surface area (Å²) in [4.78, 5) is 0. The molecule has 0 saturated heterocycles. The van der Waals surface area contributed by atoms with Gasteiger partial charge in [-0.15, -0.1) is 10.2 Å². The minimum atomic E-state index is 0.602. The van der Waals surface area contributed by atoms with Crippen molar-refractivity contribution in [2.45, 2.75) is 39.3 Å². The molecule has 1 N–H and O–H groups in total. The summed E-state index contributed by atoms with van der Waals surface area (Å²) in [6.07, 6.45) is 2.52. The molecule has 1 heterocycles. The van der Waals surface area contributed by atoms with Gasteiger partial charge in [0.1, 0.15) is 0 Å². The first-order chi connectivity index (χ1) is 8.72. The first-order valence-corrected chi connectivity index (χ1v) is 6.36. The van der Waals surface area contributed by atoms with Crippen LogP contribution >= 0.6 is 0 Å². The Labute approximate surface area is 106 Å². The summed E-state index contributed by atoms with van der Waals surface area (Å²) in [6, 6.07) is 6.84. The number of nitrogens with one attached hydrogen (secondary N) is 1. The van der Waals surface area contributed by atoms with Gasteiger partial charge in [-0.3, -0.25) is 0 Å². The zero-order chi connectivity index (χ0) is 12.5. The monoisotopic (exact) mass is 243 g/mol. The molecule has 4 heteroatoms. The van der Waals surface area contributed by atoms with Crippen molar-refractivity contribution in [3.8, 4) is 11.5 Å². The molecule has 18 heavy (non-hydrogen) atoms. The third-order valence-electron chi connectivity index (χ3n) is 3.34. The van der Waals surface area contributed by atoms with E-state index in [9.17, 15) is 0 Å². The first kappa shape index (κ1) is 11.4. The Bertz CT molecular complexity index is 558. The molecule has 1 aliphatic rings. The summed E-state index contributed by atoms with van der Waals surface area (Å²) < 4.78 is 5.66. The van der Waals surface area contributed by atoms with Crippen LogP contribution in [0.5, 0.6) is 0 Å². The molecule has 1 aromatic heterocycles. The largest absolute Gasteiger partial charge is 0.419 e. The lowest BCUT2D eigenvalue weighted by molar-refractivity contribution is 0.476. The quantitative estimate of drug-likeness (QED) is 0.896. The maximum Gasteiger partial charge on any atom is 0.247 e. The Kier molecular flexibility index (Phi) is 2.88. The summed E-state index contributed by atoms with van der Waals surface area (Å²) in [7, 11) is 0. The Morgan fingerprint density at radius 2 is 2.06 bits per heavy atom. The number of hydrogen-bond acceptors (Lipinski definition) is 4. The third kappa shape index (κ3) is 2.43. The lowest BCUT2D eigenvalue weighted by Crippen LogP contribution is -2.15. The number of nitrogens with zero attached hydrogens (tertiary/aromatic N) is 2. The van der Waals surface area contributed by atoms with Crippen LogP contribution in [0.15, 0.2) is 22.6 Å². The normalized spacial score (nSPS) is 15.0. The van der Waals surface area contributed by atoms with Crippen molar-refractivity contribution < 1.29 is 4.42 Å². The molecule has 94 valence electrons. The molecule has 1 fully saturated rings. The number of aromatic nitrogens is 2. The molecule has 1 aliphatic carbocycles. The standard InChI is InChI=1S/C14H17N3O/c1-9-3-4-11(7-10(9)2)14-17-16-13(18-14)8-15-12-5-6-12/h3-4,7,12,15H,5-6,8H2,1-2H3. The van der Waals surface area contributed by atoms with Crippen molar-refractivity contribution in [3.05, 3.63) is 35.2 Å². The van der Waals surface area contributed by atoms with E-state index in [2.05, 4.69) is 41.5 Å². The van der Waals surface area contributed by atoms with E-state index in [0.717, 1.165) is 5.56 Å². The highest BCUT2D eigenvalue weighted by atomic mass is 16.4. The number of rotatable bonds is 4. The highest BCUT2D eigenvalue weighted by Crippen LogP contribution is 2.22. The van der Waals surface area contributed by atoms with Gasteiger partial charge < -0.3 is 9.73 Å². The molecule has 0 bridgehead atoms. The topological polar surface area (TPSA) is 51.0 Å². The predicted octanol–water partition coefficient (Wildman–Crippen LogP) is 2.61. The second-order valence-electron chi connectivity index (χ2n) is 4.96. The van der Waals surface area contributed by atoms with Gasteiger partial charge in [0.05, 0.1) is 6.54 Å². The zero-order valence-electron chi connectivity index (χ0n) is 10.7. The SMILES string of the molecule is Cc1ccc(-c2nnc(CNC3CC3)o2)cc1C. The molecule has 1 aromatic carbocycles. The second kappa shape index (κ2) is 4.53. The Balaban J connectivity index is 1.76. The molecule has 0 atom stereocenters. The number of hydrogen-bond donors (Lipinski definition) is 1. The van der Waals surface area contributed by atoms with Gasteiger partial charge >= 0.3 is 0 Å². The van der Waals surface area contributed by atoms with E-state index >= 15 is 0 Å². The molecule has 0 amide bonds. The summed E-state index contributed by atoms with van der Waals surface area (Å²) in [5, 5.41) is 11.5. The fraction of sp³-hybridized carbons (Fsp3) is 0.429. The van der Waals surface area contributed by atoms with Gasteiger partial charge in [0.15, 0.2) is 0 Å². The average molecular weight is 243 g/mol. The van der Waals surface area contributed by atoms with Crippen LogP contribution in [0.1, 0.15) is 29.9 Å². The highest BCUT2D eigenvalue weighted by molar-refractivity contribution is 5.55. The Morgan fingerprint density at radius 3 is 2.78 bits per heavy atom. The van der Waals surface area contributed by atoms with Crippen molar-refractivity contribution in [2.24, 2.45) is 0 Å². The van der Waals surface area contributed by atoms with Crippen LogP contribution in [0.3, 0.4) is 0 Å². The molecule has 3 rings (SSSR count). The first-order valence-electron chi connectivity index (χ1n) is 6.36. The molecular weight excluding hydrogens is 226 g/mol. The fourth-order valence-corrected chi connectivity index (χ4v) is 1.84. The number of aryl methyl sites for hydroxylation is 2. The van der Waals surface area contributed by atoms with Crippen LogP contribution in [-0.2, 0) is 6.54 Å². The summed E-state index contributed by atoms with van der Waals surface area (Å²) >= 11 is 0. The van der Waals surface area contributed by atoms with Crippen LogP contribution in [0.4, 0.5) is 0 Å². The van der Waals surface area contributed by atoms with Gasteiger partial charge in [-0.1, -0.05) is 6.07 Å². The molecule has 0 aliphatic heterocycles. The van der Waals surface area contributed by atoms with E-state index in [1.807, 2.05) is 6.07 Å². The summed E-state index contributed by atoms with van der Waals surface area (Å²) in [5.74, 6) is 1.26. The van der Waals surface area contributed by atoms with E-state index < -0.39 is 0 Å². The van der Waals surface area contributed by atoms with Gasteiger partial charge in [0, 0.05) is 11.6 Å². The Morgan fingerprint density at radius 1 is 1.22 bits per heavy atom. The molecule has 0 spiro atoms. The van der Waals surface area contributed by atoms with E-state index in [1.165, 1.54) is 24.0 Å². The molecule has 1 saturated carbocycles. The van der Waals surface area contributed by atoms with Gasteiger partial charge in [-0.25, -0.2) is 0 Å². The highest BCUT2D eigenvalue weighted by Gasteiger charge is 2.21. The second-order valence-corrected chi connectivity index (χ2v) is 4.96. The van der Waals surface area contributed by atoms with Gasteiger partial charge in [-0.05, 0) is 49.9 Å². The maximum absolute atomic E-state index is 5.66. The van der Waals surface area contributed by atoms with Crippen LogP contribution < -0.4 is 5.32 Å². The van der Waals surface area contributed by atoms with Gasteiger partial charge in [0.2, 0.25) is 11.8 Å². The lowest BCUT2D eigenvalue weighted by Gasteiger charge is -2.01. The van der Waals surface area contributed by atoms with E-state index in [1.54, 1.807) is 0 Å². The number of benzene rings is 1. The van der Waals surface area contributed by atoms with Crippen LogP contribution in [0.25, 0.3) is 11.5 Å². The Hall–Kier alpha value is -1.68. The van der Waals surface area contributed by atoms with Gasteiger partial charge in [0.25, 0.3) is 0 Å². The van der Waals surface area contributed by atoms with E-state index in [4.69, 9.17) is 4.42 Å². The molecular formula is C14H17N3O. The van der Waals surface area contributed by atoms with Crippen molar-refractivity contribution in [1.82, 2.24) is 15.5 Å². The van der Waals surface area contributed by atoms with Crippen molar-refractivity contribution in [3.63, 3.8) is 0 Å². The fourth-order valence-electron chi connectivity index (χ4n) is 1.84. The average Bonchev–Trinajstić information content (AvgIpc) is 3.08. The minimum Gasteiger partial charge on any atom is -0.419 e. The summed E-state index contributed by atoms with van der Waals surface area (Å²) in [5.41, 5.74) is 3.50. The van der Waals surface area contributed by atoms with E-state index in [0.29, 0.717) is 24.4 Å². The molecule has 0 unspecified atom stereocenters. The van der Waals surface area contributed by atoms with E-state index in [-0.39, 0.29) is 0 Å². The summed E-state index contributed by atoms with van der Waals surface area (Å²) in [6.45, 7) is 4.85. The maximum atomic E-state index is 5.66.